The summed E-state index contributed by atoms with van der Waals surface area (Å²) in [7, 11) is 0. The maximum absolute atomic E-state index is 12.8. The highest BCUT2D eigenvalue weighted by molar-refractivity contribution is 14.1. The van der Waals surface area contributed by atoms with E-state index in [-0.39, 0.29) is 9.13 Å². The van der Waals surface area contributed by atoms with Crippen LogP contribution in [0.5, 0.6) is 5.75 Å². The minimum Gasteiger partial charge on any atom is -0.406 e. The van der Waals surface area contributed by atoms with Gasteiger partial charge >= 0.3 is 12.5 Å². The number of hydrogen-bond donors (Lipinski definition) is 0. The third-order valence-electron chi connectivity index (χ3n) is 2.70. The van der Waals surface area contributed by atoms with Gasteiger partial charge in [0.15, 0.2) is 0 Å². The molecule has 0 heterocycles. The van der Waals surface area contributed by atoms with E-state index in [1.807, 2.05) is 0 Å². The molecular weight excluding hydrogens is 425 g/mol. The lowest BCUT2D eigenvalue weighted by atomic mass is 10.0. The van der Waals surface area contributed by atoms with E-state index < -0.39 is 23.9 Å². The van der Waals surface area contributed by atoms with Crippen molar-refractivity contribution in [3.05, 3.63) is 51.6 Å². The third kappa shape index (κ3) is 4.05. The lowest BCUT2D eigenvalue weighted by molar-refractivity contribution is -0.274. The highest BCUT2D eigenvalue weighted by Crippen LogP contribution is 2.37. The number of halogens is 7. The van der Waals surface area contributed by atoms with E-state index in [1.54, 1.807) is 22.6 Å². The van der Waals surface area contributed by atoms with Crippen LogP contribution < -0.4 is 4.74 Å². The second-order valence-electron chi connectivity index (χ2n) is 4.24. The molecule has 0 bridgehead atoms. The van der Waals surface area contributed by atoms with E-state index >= 15 is 0 Å². The first kappa shape index (κ1) is 16.9. The van der Waals surface area contributed by atoms with Gasteiger partial charge in [-0.1, -0.05) is 24.3 Å². The molecule has 0 unspecified atom stereocenters. The molecule has 0 fully saturated rings. The first-order valence-corrected chi connectivity index (χ1v) is 6.88. The predicted octanol–water partition coefficient (Wildman–Crippen LogP) is 5.88. The van der Waals surface area contributed by atoms with E-state index in [1.165, 1.54) is 24.3 Å². The van der Waals surface area contributed by atoms with Crippen LogP contribution in [0.1, 0.15) is 5.56 Å². The van der Waals surface area contributed by atoms with Gasteiger partial charge in [0.25, 0.3) is 0 Å². The van der Waals surface area contributed by atoms with Gasteiger partial charge in [0.2, 0.25) is 0 Å². The van der Waals surface area contributed by atoms with Gasteiger partial charge in [0.05, 0.1) is 5.56 Å². The zero-order chi connectivity index (χ0) is 16.5. The summed E-state index contributed by atoms with van der Waals surface area (Å²) in [5, 5.41) is 0. The van der Waals surface area contributed by atoms with Crippen molar-refractivity contribution in [2.24, 2.45) is 0 Å². The van der Waals surface area contributed by atoms with Crippen LogP contribution in [0, 0.1) is 3.57 Å². The standard InChI is InChI=1S/C14H7F6IO/c15-13(16,17)11-3-1-2-10(12(11)21)8-4-6-9(7-5-8)22-14(18,19)20/h1-7H. The van der Waals surface area contributed by atoms with Gasteiger partial charge in [0, 0.05) is 3.57 Å². The molecule has 0 N–H and O–H groups in total. The van der Waals surface area contributed by atoms with Crippen molar-refractivity contribution in [2.75, 3.05) is 0 Å². The molecule has 8 heteroatoms. The number of ether oxygens (including phenoxy) is 1. The summed E-state index contributed by atoms with van der Waals surface area (Å²) >= 11 is 1.57. The highest BCUT2D eigenvalue weighted by atomic mass is 127. The maximum atomic E-state index is 12.8. The molecule has 0 aromatic heterocycles. The Morgan fingerprint density at radius 2 is 1.41 bits per heavy atom. The van der Waals surface area contributed by atoms with Crippen LogP contribution >= 0.6 is 22.6 Å². The van der Waals surface area contributed by atoms with Crippen molar-refractivity contribution in [2.45, 2.75) is 12.5 Å². The Morgan fingerprint density at radius 3 is 1.91 bits per heavy atom. The highest BCUT2D eigenvalue weighted by Gasteiger charge is 2.34. The second-order valence-corrected chi connectivity index (χ2v) is 5.32. The molecule has 0 radical (unpaired) electrons. The van der Waals surface area contributed by atoms with E-state index in [0.29, 0.717) is 5.56 Å². The number of hydrogen-bond acceptors (Lipinski definition) is 1. The maximum Gasteiger partial charge on any atom is 0.573 e. The van der Waals surface area contributed by atoms with E-state index in [0.717, 1.165) is 18.2 Å². The normalized spacial score (nSPS) is 12.3. The zero-order valence-corrected chi connectivity index (χ0v) is 12.8. The zero-order valence-electron chi connectivity index (χ0n) is 10.6. The molecule has 0 atom stereocenters. The Labute approximate surface area is 135 Å². The SMILES string of the molecule is FC(F)(F)Oc1ccc(-c2cccc(C(F)(F)F)c2I)cc1. The minimum absolute atomic E-state index is 0.0166. The molecule has 1 nitrogen and oxygen atoms in total. The van der Waals surface area contributed by atoms with Crippen LogP contribution in [0.15, 0.2) is 42.5 Å². The molecule has 0 spiro atoms. The van der Waals surface area contributed by atoms with Gasteiger partial charge in [-0.3, -0.25) is 0 Å². The minimum atomic E-state index is -4.81. The average Bonchev–Trinajstić information content (AvgIpc) is 2.37. The molecule has 0 saturated heterocycles. The van der Waals surface area contributed by atoms with Crippen molar-refractivity contribution >= 4 is 22.6 Å². The Balaban J connectivity index is 2.37. The van der Waals surface area contributed by atoms with Gasteiger partial charge in [0.1, 0.15) is 5.75 Å². The van der Waals surface area contributed by atoms with E-state index in [2.05, 4.69) is 4.74 Å². The molecular formula is C14H7F6IO. The molecule has 0 saturated carbocycles. The van der Waals surface area contributed by atoms with Gasteiger partial charge in [-0.05, 0) is 51.9 Å². The van der Waals surface area contributed by atoms with Gasteiger partial charge < -0.3 is 4.74 Å². The Morgan fingerprint density at radius 1 is 0.818 bits per heavy atom. The molecule has 2 rings (SSSR count). The lowest BCUT2D eigenvalue weighted by Gasteiger charge is -2.13. The van der Waals surface area contributed by atoms with Crippen molar-refractivity contribution < 1.29 is 31.1 Å². The molecule has 0 aliphatic carbocycles. The summed E-state index contributed by atoms with van der Waals surface area (Å²) in [6.07, 6.45) is -9.31. The Kier molecular flexibility index (Phi) is 4.59. The van der Waals surface area contributed by atoms with E-state index in [4.69, 9.17) is 0 Å². The average molecular weight is 432 g/mol. The van der Waals surface area contributed by atoms with Gasteiger partial charge in [-0.2, -0.15) is 13.2 Å². The Hall–Kier alpha value is -1.45. The quantitative estimate of drug-likeness (QED) is 0.426. The monoisotopic (exact) mass is 432 g/mol. The second kappa shape index (κ2) is 5.98. The van der Waals surface area contributed by atoms with Crippen molar-refractivity contribution in [1.82, 2.24) is 0 Å². The number of alkyl halides is 6. The summed E-state index contributed by atoms with van der Waals surface area (Å²) in [6, 6.07) is 8.33. The van der Waals surface area contributed by atoms with Crippen LogP contribution in [0.2, 0.25) is 0 Å². The molecule has 2 aromatic carbocycles. The van der Waals surface area contributed by atoms with Crippen LogP contribution in [-0.4, -0.2) is 6.36 Å². The molecule has 0 amide bonds. The molecule has 22 heavy (non-hydrogen) atoms. The summed E-state index contributed by atoms with van der Waals surface area (Å²) < 4.78 is 78.4. The molecule has 0 aliphatic heterocycles. The summed E-state index contributed by atoms with van der Waals surface area (Å²) in [6.45, 7) is 0. The van der Waals surface area contributed by atoms with Crippen LogP contribution in [-0.2, 0) is 6.18 Å². The van der Waals surface area contributed by atoms with Gasteiger partial charge in [-0.15, -0.1) is 13.2 Å². The predicted molar refractivity (Wildman–Crippen MR) is 76.3 cm³/mol. The summed E-state index contributed by atoms with van der Waals surface area (Å²) in [5.74, 6) is -0.432. The summed E-state index contributed by atoms with van der Waals surface area (Å²) in [4.78, 5) is 0. The third-order valence-corrected chi connectivity index (χ3v) is 3.87. The van der Waals surface area contributed by atoms with Crippen LogP contribution in [0.25, 0.3) is 11.1 Å². The topological polar surface area (TPSA) is 9.23 Å². The van der Waals surface area contributed by atoms with E-state index in [9.17, 15) is 26.3 Å². The first-order valence-electron chi connectivity index (χ1n) is 5.80. The summed E-state index contributed by atoms with van der Waals surface area (Å²) in [5.41, 5.74) is -0.139. The van der Waals surface area contributed by atoms with Crippen molar-refractivity contribution in [3.63, 3.8) is 0 Å². The smallest absolute Gasteiger partial charge is 0.406 e. The lowest BCUT2D eigenvalue weighted by Crippen LogP contribution is -2.16. The number of rotatable bonds is 2. The first-order chi connectivity index (χ1) is 10.1. The van der Waals surface area contributed by atoms with Crippen molar-refractivity contribution in [3.8, 4) is 16.9 Å². The van der Waals surface area contributed by atoms with Crippen molar-refractivity contribution in [1.29, 1.82) is 0 Å². The van der Waals surface area contributed by atoms with Crippen LogP contribution in [0.3, 0.4) is 0 Å². The Bertz CT molecular complexity index is 661. The fraction of sp³-hybridized carbons (Fsp3) is 0.143. The molecule has 2 aromatic rings. The molecule has 0 aliphatic rings. The molecule has 118 valence electrons. The van der Waals surface area contributed by atoms with Gasteiger partial charge in [-0.25, -0.2) is 0 Å². The van der Waals surface area contributed by atoms with Crippen LogP contribution in [0.4, 0.5) is 26.3 Å². The fourth-order valence-electron chi connectivity index (χ4n) is 1.81. The largest absolute Gasteiger partial charge is 0.573 e. The fourth-order valence-corrected chi connectivity index (χ4v) is 2.79. The number of benzene rings is 2.